The van der Waals surface area contributed by atoms with Gasteiger partial charge in [-0.25, -0.2) is 0 Å². The van der Waals surface area contributed by atoms with Crippen LogP contribution in [0.4, 0.5) is 0 Å². The van der Waals surface area contributed by atoms with E-state index in [1.165, 1.54) is 31.3 Å². The third-order valence-corrected chi connectivity index (χ3v) is 3.43. The summed E-state index contributed by atoms with van der Waals surface area (Å²) in [6.07, 6.45) is 7.68. The fraction of sp³-hybridized carbons (Fsp3) is 0.846. The van der Waals surface area contributed by atoms with Gasteiger partial charge in [-0.3, -0.25) is 0 Å². The largest absolute Gasteiger partial charge is 0.392 e. The zero-order chi connectivity index (χ0) is 10.6. The van der Waals surface area contributed by atoms with Crippen LogP contribution in [0.5, 0.6) is 0 Å². The predicted octanol–water partition coefficient (Wildman–Crippen LogP) is 3.39. The minimum absolute atomic E-state index is 0.240. The van der Waals surface area contributed by atoms with E-state index in [1.54, 1.807) is 0 Å². The van der Waals surface area contributed by atoms with Gasteiger partial charge in [-0.15, -0.1) is 0 Å². The lowest BCUT2D eigenvalue weighted by Gasteiger charge is -2.25. The van der Waals surface area contributed by atoms with Crippen LogP contribution in [0.15, 0.2) is 11.6 Å². The Labute approximate surface area is 88.2 Å². The fourth-order valence-electron chi connectivity index (χ4n) is 2.18. The highest BCUT2D eigenvalue weighted by Crippen LogP contribution is 2.30. The van der Waals surface area contributed by atoms with E-state index in [9.17, 15) is 5.11 Å². The SMILES string of the molecule is CC1CCC(C=C(CO)C(C)C)CC1. The van der Waals surface area contributed by atoms with Crippen molar-refractivity contribution in [2.24, 2.45) is 17.8 Å². The number of allylic oxidation sites excluding steroid dienone is 1. The molecule has 0 atom stereocenters. The Morgan fingerprint density at radius 2 is 1.86 bits per heavy atom. The summed E-state index contributed by atoms with van der Waals surface area (Å²) in [6.45, 7) is 6.90. The molecule has 0 amide bonds. The minimum Gasteiger partial charge on any atom is -0.392 e. The van der Waals surface area contributed by atoms with Crippen LogP contribution >= 0.6 is 0 Å². The van der Waals surface area contributed by atoms with Crippen LogP contribution in [0.1, 0.15) is 46.5 Å². The number of hydrogen-bond donors (Lipinski definition) is 1. The molecule has 0 aromatic heterocycles. The summed E-state index contributed by atoms with van der Waals surface area (Å²) < 4.78 is 0. The highest BCUT2D eigenvalue weighted by molar-refractivity contribution is 5.07. The molecule has 0 aliphatic heterocycles. The lowest BCUT2D eigenvalue weighted by molar-refractivity contribution is 0.305. The van der Waals surface area contributed by atoms with Gasteiger partial charge < -0.3 is 5.11 Å². The van der Waals surface area contributed by atoms with Gasteiger partial charge in [0.05, 0.1) is 6.61 Å². The second-order valence-electron chi connectivity index (χ2n) is 5.07. The van der Waals surface area contributed by atoms with Gasteiger partial charge in [0.2, 0.25) is 0 Å². The highest BCUT2D eigenvalue weighted by Gasteiger charge is 2.17. The van der Waals surface area contributed by atoms with Gasteiger partial charge in [0.15, 0.2) is 0 Å². The van der Waals surface area contributed by atoms with E-state index in [2.05, 4.69) is 26.8 Å². The first-order chi connectivity index (χ1) is 6.63. The molecule has 1 nitrogen and oxygen atoms in total. The molecule has 0 saturated heterocycles. The molecule has 1 heteroatoms. The number of rotatable bonds is 3. The average Bonchev–Trinajstić information content (AvgIpc) is 2.16. The zero-order valence-corrected chi connectivity index (χ0v) is 9.79. The Kier molecular flexibility index (Phi) is 4.67. The summed E-state index contributed by atoms with van der Waals surface area (Å²) in [5.74, 6) is 2.14. The molecule has 0 aromatic rings. The Morgan fingerprint density at radius 3 is 2.29 bits per heavy atom. The van der Waals surface area contributed by atoms with Crippen molar-refractivity contribution in [3.05, 3.63) is 11.6 Å². The van der Waals surface area contributed by atoms with Crippen LogP contribution < -0.4 is 0 Å². The summed E-state index contributed by atoms with van der Waals surface area (Å²) in [7, 11) is 0. The van der Waals surface area contributed by atoms with Crippen molar-refractivity contribution < 1.29 is 5.11 Å². The number of aliphatic hydroxyl groups excluding tert-OH is 1. The summed E-state index contributed by atoms with van der Waals surface area (Å²) in [6, 6.07) is 0. The molecule has 0 unspecified atom stereocenters. The molecule has 14 heavy (non-hydrogen) atoms. The number of aliphatic hydroxyl groups is 1. The Morgan fingerprint density at radius 1 is 1.29 bits per heavy atom. The molecular weight excluding hydrogens is 172 g/mol. The topological polar surface area (TPSA) is 20.2 Å². The molecular formula is C13H24O. The van der Waals surface area contributed by atoms with E-state index < -0.39 is 0 Å². The first-order valence-corrected chi connectivity index (χ1v) is 5.95. The third kappa shape index (κ3) is 3.45. The molecule has 0 bridgehead atoms. The van der Waals surface area contributed by atoms with Crippen molar-refractivity contribution in [3.63, 3.8) is 0 Å². The third-order valence-electron chi connectivity index (χ3n) is 3.43. The maximum atomic E-state index is 9.21. The Bertz CT molecular complexity index is 185. The van der Waals surface area contributed by atoms with Gasteiger partial charge in [-0.05, 0) is 36.2 Å². The molecule has 1 N–H and O–H groups in total. The van der Waals surface area contributed by atoms with Crippen molar-refractivity contribution in [3.8, 4) is 0 Å². The Balaban J connectivity index is 2.49. The molecule has 82 valence electrons. The standard InChI is InChI=1S/C13H24O/c1-10(2)13(9-14)8-12-6-4-11(3)5-7-12/h8,10-12,14H,4-7,9H2,1-3H3. The maximum Gasteiger partial charge on any atom is 0.0644 e. The van der Waals surface area contributed by atoms with Crippen LogP contribution in [0, 0.1) is 17.8 Å². The van der Waals surface area contributed by atoms with E-state index in [-0.39, 0.29) is 6.61 Å². The monoisotopic (exact) mass is 196 g/mol. The van der Waals surface area contributed by atoms with Crippen molar-refractivity contribution in [1.29, 1.82) is 0 Å². The first-order valence-electron chi connectivity index (χ1n) is 5.95. The molecule has 1 aliphatic rings. The second-order valence-corrected chi connectivity index (χ2v) is 5.07. The van der Waals surface area contributed by atoms with Crippen LogP contribution in [0.25, 0.3) is 0 Å². The lowest BCUT2D eigenvalue weighted by Crippen LogP contribution is -2.12. The zero-order valence-electron chi connectivity index (χ0n) is 9.79. The van der Waals surface area contributed by atoms with E-state index in [0.717, 1.165) is 11.8 Å². The molecule has 0 radical (unpaired) electrons. The fourth-order valence-corrected chi connectivity index (χ4v) is 2.18. The van der Waals surface area contributed by atoms with Crippen molar-refractivity contribution in [2.45, 2.75) is 46.5 Å². The highest BCUT2D eigenvalue weighted by atomic mass is 16.3. The Hall–Kier alpha value is -0.300. The smallest absolute Gasteiger partial charge is 0.0644 e. The maximum absolute atomic E-state index is 9.21. The van der Waals surface area contributed by atoms with Gasteiger partial charge >= 0.3 is 0 Å². The minimum atomic E-state index is 0.240. The van der Waals surface area contributed by atoms with Crippen LogP contribution in [-0.2, 0) is 0 Å². The van der Waals surface area contributed by atoms with E-state index in [4.69, 9.17) is 0 Å². The molecule has 0 spiro atoms. The quantitative estimate of drug-likeness (QED) is 0.686. The van der Waals surface area contributed by atoms with Crippen LogP contribution in [0.3, 0.4) is 0 Å². The molecule has 1 fully saturated rings. The van der Waals surface area contributed by atoms with Crippen molar-refractivity contribution in [1.82, 2.24) is 0 Å². The lowest BCUT2D eigenvalue weighted by atomic mass is 9.81. The van der Waals surface area contributed by atoms with Gasteiger partial charge in [0.25, 0.3) is 0 Å². The normalized spacial score (nSPS) is 29.6. The summed E-state index contributed by atoms with van der Waals surface area (Å²) in [4.78, 5) is 0. The summed E-state index contributed by atoms with van der Waals surface area (Å²) in [5.41, 5.74) is 1.23. The predicted molar refractivity (Wildman–Crippen MR) is 61.1 cm³/mol. The van der Waals surface area contributed by atoms with Crippen LogP contribution in [0.2, 0.25) is 0 Å². The second kappa shape index (κ2) is 5.55. The van der Waals surface area contributed by atoms with E-state index in [0.29, 0.717) is 5.92 Å². The molecule has 0 aromatic carbocycles. The van der Waals surface area contributed by atoms with E-state index in [1.807, 2.05) is 0 Å². The van der Waals surface area contributed by atoms with Gasteiger partial charge in [-0.2, -0.15) is 0 Å². The van der Waals surface area contributed by atoms with Gasteiger partial charge in [0.1, 0.15) is 0 Å². The molecule has 1 saturated carbocycles. The summed E-state index contributed by atoms with van der Waals surface area (Å²) >= 11 is 0. The van der Waals surface area contributed by atoms with E-state index >= 15 is 0 Å². The van der Waals surface area contributed by atoms with Crippen molar-refractivity contribution >= 4 is 0 Å². The number of hydrogen-bond acceptors (Lipinski definition) is 1. The summed E-state index contributed by atoms with van der Waals surface area (Å²) in [5, 5.41) is 9.21. The molecule has 1 rings (SSSR count). The van der Waals surface area contributed by atoms with Crippen molar-refractivity contribution in [2.75, 3.05) is 6.61 Å². The average molecular weight is 196 g/mol. The molecule has 0 heterocycles. The molecule has 1 aliphatic carbocycles. The van der Waals surface area contributed by atoms with Gasteiger partial charge in [0, 0.05) is 0 Å². The van der Waals surface area contributed by atoms with Crippen LogP contribution in [-0.4, -0.2) is 11.7 Å². The first kappa shape index (κ1) is 11.8. The van der Waals surface area contributed by atoms with Gasteiger partial charge in [-0.1, -0.05) is 39.7 Å².